The van der Waals surface area contributed by atoms with Gasteiger partial charge in [-0.3, -0.25) is 9.69 Å². The van der Waals surface area contributed by atoms with Crippen molar-refractivity contribution in [2.45, 2.75) is 20.0 Å². The molecule has 1 aliphatic rings. The van der Waals surface area contributed by atoms with Crippen LogP contribution in [-0.2, 0) is 0 Å². The smallest absolute Gasteiger partial charge is 0.401 e. The summed E-state index contributed by atoms with van der Waals surface area (Å²) in [6.07, 6.45) is 1.83. The van der Waals surface area contributed by atoms with Gasteiger partial charge in [0, 0.05) is 54.9 Å². The minimum atomic E-state index is -4.22. The molecule has 0 radical (unpaired) electrons. The van der Waals surface area contributed by atoms with Gasteiger partial charge in [0.25, 0.3) is 0 Å². The maximum Gasteiger partial charge on any atom is 0.401 e. The molecule has 32 heavy (non-hydrogen) atoms. The van der Waals surface area contributed by atoms with Gasteiger partial charge < -0.3 is 20.8 Å². The van der Waals surface area contributed by atoms with Crippen LogP contribution in [0.1, 0.15) is 34.1 Å². The molecule has 4 N–H and O–H groups in total. The number of alkyl halides is 3. The number of carbonyl (C=O) groups is 1. The molecule has 2 aromatic heterocycles. The number of nitrogens with zero attached hydrogens (tertiary/aromatic N) is 3. The Labute approximate surface area is 185 Å². The molecular formula is C23H28F3N5O. The van der Waals surface area contributed by atoms with Gasteiger partial charge in [-0.2, -0.15) is 13.2 Å². The van der Waals surface area contributed by atoms with Gasteiger partial charge in [0.1, 0.15) is 6.29 Å². The minimum Gasteiger partial charge on any atom is -0.402 e. The Morgan fingerprint density at radius 2 is 1.84 bits per heavy atom. The van der Waals surface area contributed by atoms with Crippen LogP contribution in [0.4, 0.5) is 13.2 Å². The maximum absolute atomic E-state index is 12.7. The summed E-state index contributed by atoms with van der Waals surface area (Å²) in [5, 5.41) is 0. The van der Waals surface area contributed by atoms with Crippen molar-refractivity contribution in [2.75, 3.05) is 32.7 Å². The fourth-order valence-corrected chi connectivity index (χ4v) is 3.97. The number of hydrogen-bond acceptors (Lipinski definition) is 5. The fraction of sp³-hybridized carbons (Fsp3) is 0.348. The van der Waals surface area contributed by atoms with Gasteiger partial charge in [0.05, 0.1) is 23.5 Å². The molecule has 1 saturated heterocycles. The van der Waals surface area contributed by atoms with Crippen molar-refractivity contribution in [3.8, 4) is 0 Å². The van der Waals surface area contributed by atoms with E-state index in [4.69, 9.17) is 11.5 Å². The molecule has 0 amide bonds. The van der Waals surface area contributed by atoms with Gasteiger partial charge in [-0.25, -0.2) is 0 Å². The summed E-state index contributed by atoms with van der Waals surface area (Å²) in [4.78, 5) is 15.1. The Bertz CT molecular complexity index is 1090. The first kappa shape index (κ1) is 23.5. The van der Waals surface area contributed by atoms with Crippen LogP contribution < -0.4 is 11.5 Å². The van der Waals surface area contributed by atoms with Crippen LogP contribution in [0.15, 0.2) is 42.8 Å². The van der Waals surface area contributed by atoms with E-state index in [2.05, 4.69) is 6.58 Å². The molecule has 2 aromatic rings. The van der Waals surface area contributed by atoms with E-state index in [9.17, 15) is 18.0 Å². The van der Waals surface area contributed by atoms with E-state index in [1.54, 1.807) is 25.1 Å². The predicted molar refractivity (Wildman–Crippen MR) is 121 cm³/mol. The third kappa shape index (κ3) is 4.99. The van der Waals surface area contributed by atoms with Crippen LogP contribution >= 0.6 is 0 Å². The first-order valence-electron chi connectivity index (χ1n) is 10.2. The maximum atomic E-state index is 12.7. The van der Waals surface area contributed by atoms with E-state index in [1.165, 1.54) is 4.90 Å². The first-order valence-corrected chi connectivity index (χ1v) is 10.2. The second-order valence-electron chi connectivity index (χ2n) is 8.03. The topological polar surface area (TPSA) is 80.0 Å². The number of nitrogens with two attached hydrogens (primary N) is 2. The molecular weight excluding hydrogens is 419 g/mol. The van der Waals surface area contributed by atoms with Gasteiger partial charge in [0.2, 0.25) is 0 Å². The molecule has 0 atom stereocenters. The summed E-state index contributed by atoms with van der Waals surface area (Å²) in [6, 6.07) is 3.63. The third-order valence-corrected chi connectivity index (χ3v) is 5.64. The number of pyridine rings is 1. The monoisotopic (exact) mass is 447 g/mol. The average molecular weight is 448 g/mol. The number of hydrogen-bond donors (Lipinski definition) is 2. The van der Waals surface area contributed by atoms with E-state index < -0.39 is 12.7 Å². The van der Waals surface area contributed by atoms with E-state index in [0.717, 1.165) is 28.6 Å². The Balaban J connectivity index is 1.97. The normalized spacial score (nSPS) is 16.6. The average Bonchev–Trinajstić information content (AvgIpc) is 3.13. The molecule has 0 aliphatic carbocycles. The second kappa shape index (κ2) is 9.12. The predicted octanol–water partition coefficient (Wildman–Crippen LogP) is 3.37. The van der Waals surface area contributed by atoms with E-state index in [1.807, 2.05) is 28.5 Å². The third-order valence-electron chi connectivity index (χ3n) is 5.64. The molecule has 3 rings (SSSR count). The van der Waals surface area contributed by atoms with Crippen LogP contribution in [0.5, 0.6) is 0 Å². The van der Waals surface area contributed by atoms with Crippen LogP contribution in [0, 0.1) is 6.92 Å². The standard InChI is InChI=1S/C23H28F3N5O/c1-15(27)4-5-20(28)19-6-7-31-21(19)12-18(13-32)16(2)22(31)17(3)30-10-8-29(9-11-30)14-23(24,25)26/h4-7,12-13H,3,8-11,14,27-28H2,1-2H3/b15-4-,20-5-. The molecule has 1 fully saturated rings. The summed E-state index contributed by atoms with van der Waals surface area (Å²) in [7, 11) is 0. The zero-order valence-electron chi connectivity index (χ0n) is 18.2. The molecule has 0 aromatic carbocycles. The molecule has 6 nitrogen and oxygen atoms in total. The number of allylic oxidation sites excluding steroid dienone is 3. The zero-order valence-corrected chi connectivity index (χ0v) is 18.2. The first-order chi connectivity index (χ1) is 15.0. The lowest BCUT2D eigenvalue weighted by Crippen LogP contribution is -2.48. The number of fused-ring (bicyclic) bond motifs is 1. The highest BCUT2D eigenvalue weighted by Crippen LogP contribution is 2.30. The van der Waals surface area contributed by atoms with E-state index >= 15 is 0 Å². The summed E-state index contributed by atoms with van der Waals surface area (Å²) in [5.74, 6) is 0. The van der Waals surface area contributed by atoms with Crippen molar-refractivity contribution in [2.24, 2.45) is 11.5 Å². The lowest BCUT2D eigenvalue weighted by Gasteiger charge is -2.37. The van der Waals surface area contributed by atoms with Crippen LogP contribution in [0.2, 0.25) is 0 Å². The SMILES string of the molecule is C=C(c1c(C)c(C=O)cc2c(/C(N)=C/C=C(/C)N)ccn12)N1CCN(CC(F)(F)F)CC1. The molecule has 0 saturated carbocycles. The summed E-state index contributed by atoms with van der Waals surface area (Å²) in [5.41, 5.74) is 17.2. The van der Waals surface area contributed by atoms with Crippen LogP contribution in [0.25, 0.3) is 16.9 Å². The highest BCUT2D eigenvalue weighted by molar-refractivity contribution is 5.88. The Morgan fingerprint density at radius 1 is 1.19 bits per heavy atom. The zero-order chi connectivity index (χ0) is 23.6. The molecule has 0 unspecified atom stereocenters. The van der Waals surface area contributed by atoms with Gasteiger partial charge in [0.15, 0.2) is 0 Å². The number of aldehydes is 1. The van der Waals surface area contributed by atoms with Crippen LogP contribution in [-0.4, -0.2) is 59.4 Å². The highest BCUT2D eigenvalue weighted by Gasteiger charge is 2.32. The van der Waals surface area contributed by atoms with Gasteiger partial charge >= 0.3 is 6.18 Å². The molecule has 3 heterocycles. The van der Waals surface area contributed by atoms with Gasteiger partial charge in [-0.05, 0) is 43.7 Å². The quantitative estimate of drug-likeness (QED) is 0.524. The molecule has 1 aliphatic heterocycles. The summed E-state index contributed by atoms with van der Waals surface area (Å²) in [6.45, 7) is 8.30. The fourth-order valence-electron chi connectivity index (χ4n) is 3.97. The van der Waals surface area contributed by atoms with Crippen molar-refractivity contribution in [1.29, 1.82) is 0 Å². The number of aromatic nitrogens is 1. The van der Waals surface area contributed by atoms with Crippen molar-refractivity contribution >= 4 is 23.2 Å². The van der Waals surface area contributed by atoms with Crippen molar-refractivity contribution < 1.29 is 18.0 Å². The van der Waals surface area contributed by atoms with E-state index in [-0.39, 0.29) is 13.1 Å². The number of halogens is 3. The number of piperazine rings is 1. The largest absolute Gasteiger partial charge is 0.402 e. The van der Waals surface area contributed by atoms with Crippen molar-refractivity contribution in [3.63, 3.8) is 0 Å². The van der Waals surface area contributed by atoms with E-state index in [0.29, 0.717) is 35.7 Å². The second-order valence-corrected chi connectivity index (χ2v) is 8.03. The highest BCUT2D eigenvalue weighted by atomic mass is 19.4. The summed E-state index contributed by atoms with van der Waals surface area (Å²) >= 11 is 0. The van der Waals surface area contributed by atoms with Crippen molar-refractivity contribution in [3.05, 3.63) is 65.1 Å². The summed E-state index contributed by atoms with van der Waals surface area (Å²) < 4.78 is 40.0. The lowest BCUT2D eigenvalue weighted by molar-refractivity contribution is -0.148. The Kier molecular flexibility index (Phi) is 6.68. The number of carbonyl (C=O) groups excluding carboxylic acids is 1. The molecule has 172 valence electrons. The molecule has 0 spiro atoms. The molecule has 9 heteroatoms. The van der Waals surface area contributed by atoms with Crippen LogP contribution in [0.3, 0.4) is 0 Å². The van der Waals surface area contributed by atoms with Gasteiger partial charge in [-0.15, -0.1) is 0 Å². The molecule has 0 bridgehead atoms. The minimum absolute atomic E-state index is 0.283. The number of rotatable bonds is 6. The lowest BCUT2D eigenvalue weighted by atomic mass is 10.0. The van der Waals surface area contributed by atoms with Gasteiger partial charge in [-0.1, -0.05) is 6.58 Å². The Morgan fingerprint density at radius 3 is 2.41 bits per heavy atom. The Hall–Kier alpha value is -3.20. The van der Waals surface area contributed by atoms with Crippen molar-refractivity contribution in [1.82, 2.24) is 14.2 Å².